The maximum atomic E-state index is 12.8. The van der Waals surface area contributed by atoms with Gasteiger partial charge in [0.05, 0.1) is 12.6 Å². The smallest absolute Gasteiger partial charge is 0.275 e. The summed E-state index contributed by atoms with van der Waals surface area (Å²) in [6.45, 7) is 1.97. The average Bonchev–Trinajstić information content (AvgIpc) is 3.17. The monoisotopic (exact) mass is 364 g/mol. The largest absolute Gasteiger partial charge is 0.497 e. The van der Waals surface area contributed by atoms with E-state index in [1.165, 1.54) is 0 Å². The summed E-state index contributed by atoms with van der Waals surface area (Å²) >= 11 is 0. The molecular weight excluding hydrogens is 344 g/mol. The number of H-pyrrole nitrogens is 1. The standard InChI is InChI=1S/C20H20N4O3/c1-27-15-8-6-14(7-9-15)19(25)23-10-12-24(13-11-23)20(26)18-16-4-2-3-5-17(16)21-22-18/h2-9H,10-13H2,1H3,(H,21,22). The molecule has 0 saturated carbocycles. The zero-order chi connectivity index (χ0) is 18.8. The Morgan fingerprint density at radius 1 is 0.926 bits per heavy atom. The predicted molar refractivity (Wildman–Crippen MR) is 101 cm³/mol. The Morgan fingerprint density at radius 2 is 1.56 bits per heavy atom. The van der Waals surface area contributed by atoms with Gasteiger partial charge in [-0.2, -0.15) is 5.10 Å². The number of rotatable bonds is 3. The van der Waals surface area contributed by atoms with Gasteiger partial charge in [0.15, 0.2) is 5.69 Å². The van der Waals surface area contributed by atoms with Crippen LogP contribution in [-0.4, -0.2) is 65.1 Å². The van der Waals surface area contributed by atoms with Crippen molar-refractivity contribution in [2.24, 2.45) is 0 Å². The summed E-state index contributed by atoms with van der Waals surface area (Å²) in [4.78, 5) is 29.0. The molecular formula is C20H20N4O3. The van der Waals surface area contributed by atoms with E-state index in [9.17, 15) is 9.59 Å². The average molecular weight is 364 g/mol. The van der Waals surface area contributed by atoms with E-state index in [1.807, 2.05) is 24.3 Å². The molecule has 1 saturated heterocycles. The van der Waals surface area contributed by atoms with Crippen molar-refractivity contribution in [2.45, 2.75) is 0 Å². The number of nitrogens with one attached hydrogen (secondary N) is 1. The van der Waals surface area contributed by atoms with E-state index in [-0.39, 0.29) is 11.8 Å². The minimum absolute atomic E-state index is 0.0324. The molecule has 1 N–H and O–H groups in total. The molecule has 27 heavy (non-hydrogen) atoms. The van der Waals surface area contributed by atoms with Crippen molar-refractivity contribution in [3.05, 3.63) is 59.8 Å². The van der Waals surface area contributed by atoms with Crippen LogP contribution in [0, 0.1) is 0 Å². The Bertz CT molecular complexity index is 972. The van der Waals surface area contributed by atoms with Crippen molar-refractivity contribution in [3.63, 3.8) is 0 Å². The number of carbonyl (C=O) groups excluding carboxylic acids is 2. The molecule has 0 aliphatic carbocycles. The topological polar surface area (TPSA) is 78.5 Å². The van der Waals surface area contributed by atoms with E-state index < -0.39 is 0 Å². The second kappa shape index (κ2) is 7.11. The third-order valence-electron chi connectivity index (χ3n) is 4.86. The van der Waals surface area contributed by atoms with Crippen LogP contribution in [0.25, 0.3) is 10.9 Å². The van der Waals surface area contributed by atoms with Crippen molar-refractivity contribution < 1.29 is 14.3 Å². The van der Waals surface area contributed by atoms with E-state index >= 15 is 0 Å². The molecule has 0 atom stereocenters. The number of fused-ring (bicyclic) bond motifs is 1. The predicted octanol–water partition coefficient (Wildman–Crippen LogP) is 2.17. The van der Waals surface area contributed by atoms with Crippen molar-refractivity contribution >= 4 is 22.7 Å². The normalized spacial score (nSPS) is 14.4. The molecule has 7 heteroatoms. The number of nitrogens with zero attached hydrogens (tertiary/aromatic N) is 3. The van der Waals surface area contributed by atoms with Gasteiger partial charge in [0.1, 0.15) is 5.75 Å². The van der Waals surface area contributed by atoms with Gasteiger partial charge in [0, 0.05) is 37.1 Å². The third-order valence-corrected chi connectivity index (χ3v) is 4.86. The third kappa shape index (κ3) is 3.23. The first-order chi connectivity index (χ1) is 13.2. The van der Waals surface area contributed by atoms with Crippen molar-refractivity contribution in [2.75, 3.05) is 33.3 Å². The van der Waals surface area contributed by atoms with Crippen LogP contribution in [-0.2, 0) is 0 Å². The van der Waals surface area contributed by atoms with Crippen LogP contribution in [0.5, 0.6) is 5.75 Å². The molecule has 1 aromatic heterocycles. The Balaban J connectivity index is 1.42. The lowest BCUT2D eigenvalue weighted by Crippen LogP contribution is -2.50. The van der Waals surface area contributed by atoms with Crippen LogP contribution >= 0.6 is 0 Å². The van der Waals surface area contributed by atoms with Gasteiger partial charge in [-0.3, -0.25) is 14.7 Å². The summed E-state index contributed by atoms with van der Waals surface area (Å²) in [5.74, 6) is 0.576. The molecule has 2 heterocycles. The minimum Gasteiger partial charge on any atom is -0.497 e. The van der Waals surface area contributed by atoms with Crippen LogP contribution < -0.4 is 4.74 Å². The van der Waals surface area contributed by atoms with Crippen molar-refractivity contribution in [1.82, 2.24) is 20.0 Å². The molecule has 1 aliphatic rings. The summed E-state index contributed by atoms with van der Waals surface area (Å²) in [7, 11) is 1.59. The van der Waals surface area contributed by atoms with E-state index in [0.29, 0.717) is 43.2 Å². The zero-order valence-corrected chi connectivity index (χ0v) is 15.0. The minimum atomic E-state index is -0.107. The SMILES string of the molecule is COc1ccc(C(=O)N2CCN(C(=O)c3n[nH]c4ccccc34)CC2)cc1. The number of aromatic nitrogens is 2. The molecule has 2 aromatic carbocycles. The Labute approximate surface area is 156 Å². The molecule has 2 amide bonds. The molecule has 3 aromatic rings. The fourth-order valence-electron chi connectivity index (χ4n) is 3.31. The second-order valence-corrected chi connectivity index (χ2v) is 6.43. The van der Waals surface area contributed by atoms with Gasteiger partial charge < -0.3 is 14.5 Å². The van der Waals surface area contributed by atoms with Crippen LogP contribution in [0.2, 0.25) is 0 Å². The van der Waals surface area contributed by atoms with E-state index in [2.05, 4.69) is 10.2 Å². The number of carbonyl (C=O) groups is 2. The highest BCUT2D eigenvalue weighted by molar-refractivity contribution is 6.04. The lowest BCUT2D eigenvalue weighted by molar-refractivity contribution is 0.0533. The van der Waals surface area contributed by atoms with Gasteiger partial charge in [-0.05, 0) is 30.3 Å². The molecule has 0 radical (unpaired) electrons. The van der Waals surface area contributed by atoms with Crippen LogP contribution in [0.3, 0.4) is 0 Å². The molecule has 0 spiro atoms. The number of aromatic amines is 1. The van der Waals surface area contributed by atoms with Gasteiger partial charge >= 0.3 is 0 Å². The van der Waals surface area contributed by atoms with Gasteiger partial charge in [0.2, 0.25) is 0 Å². The number of piperazine rings is 1. The number of ether oxygens (including phenoxy) is 1. The molecule has 1 aliphatic heterocycles. The molecule has 0 unspecified atom stereocenters. The second-order valence-electron chi connectivity index (χ2n) is 6.43. The highest BCUT2D eigenvalue weighted by Gasteiger charge is 2.27. The molecule has 1 fully saturated rings. The molecule has 4 rings (SSSR count). The van der Waals surface area contributed by atoms with Crippen LogP contribution in [0.15, 0.2) is 48.5 Å². The number of hydrogen-bond acceptors (Lipinski definition) is 4. The lowest BCUT2D eigenvalue weighted by atomic mass is 10.1. The van der Waals surface area contributed by atoms with E-state index in [0.717, 1.165) is 10.9 Å². The first-order valence-corrected chi connectivity index (χ1v) is 8.83. The highest BCUT2D eigenvalue weighted by Crippen LogP contribution is 2.19. The van der Waals surface area contributed by atoms with Gasteiger partial charge in [-0.25, -0.2) is 0 Å². The molecule has 138 valence electrons. The fraction of sp³-hybridized carbons (Fsp3) is 0.250. The summed E-state index contributed by atoms with van der Waals surface area (Å²) in [5, 5.41) is 7.89. The highest BCUT2D eigenvalue weighted by atomic mass is 16.5. The number of benzene rings is 2. The number of amides is 2. The Kier molecular flexibility index (Phi) is 4.50. The summed E-state index contributed by atoms with van der Waals surface area (Å²) in [6.07, 6.45) is 0. The summed E-state index contributed by atoms with van der Waals surface area (Å²) in [6, 6.07) is 14.6. The zero-order valence-electron chi connectivity index (χ0n) is 15.0. The first kappa shape index (κ1) is 17.1. The Hall–Kier alpha value is -3.35. The fourth-order valence-corrected chi connectivity index (χ4v) is 3.31. The lowest BCUT2D eigenvalue weighted by Gasteiger charge is -2.34. The van der Waals surface area contributed by atoms with Gasteiger partial charge in [0.25, 0.3) is 11.8 Å². The van der Waals surface area contributed by atoms with E-state index in [4.69, 9.17) is 4.74 Å². The molecule has 7 nitrogen and oxygen atoms in total. The summed E-state index contributed by atoms with van der Waals surface area (Å²) in [5.41, 5.74) is 1.89. The number of hydrogen-bond donors (Lipinski definition) is 1. The summed E-state index contributed by atoms with van der Waals surface area (Å²) < 4.78 is 5.12. The maximum Gasteiger partial charge on any atom is 0.275 e. The number of para-hydroxylation sites is 1. The number of methoxy groups -OCH3 is 1. The van der Waals surface area contributed by atoms with E-state index in [1.54, 1.807) is 41.2 Å². The molecule has 0 bridgehead atoms. The quantitative estimate of drug-likeness (QED) is 0.773. The van der Waals surface area contributed by atoms with Gasteiger partial charge in [-0.1, -0.05) is 18.2 Å². The first-order valence-electron chi connectivity index (χ1n) is 8.83. The van der Waals surface area contributed by atoms with Gasteiger partial charge in [-0.15, -0.1) is 0 Å². The maximum absolute atomic E-state index is 12.8. The van der Waals surface area contributed by atoms with Crippen LogP contribution in [0.1, 0.15) is 20.8 Å². The van der Waals surface area contributed by atoms with Crippen LogP contribution in [0.4, 0.5) is 0 Å². The van der Waals surface area contributed by atoms with Crippen molar-refractivity contribution in [3.8, 4) is 5.75 Å². The Morgan fingerprint density at radius 3 is 2.22 bits per heavy atom. The van der Waals surface area contributed by atoms with Crippen molar-refractivity contribution in [1.29, 1.82) is 0 Å².